The second kappa shape index (κ2) is 69.4. The molecule has 512 valence electrons. The molecule has 0 aromatic rings. The fraction of sp³-hybridized carbons (Fsp3) is 0.885. The zero-order chi connectivity index (χ0) is 63.3. The summed E-state index contributed by atoms with van der Waals surface area (Å²) < 4.78 is 22.8. The van der Waals surface area contributed by atoms with Gasteiger partial charge < -0.3 is 33.3 Å². The Morgan fingerprint density at radius 2 is 0.621 bits per heavy atom. The second-order valence-corrected chi connectivity index (χ2v) is 27.3. The predicted molar refractivity (Wildman–Crippen MR) is 371 cm³/mol. The van der Waals surface area contributed by atoms with E-state index in [0.29, 0.717) is 17.4 Å². The molecule has 0 saturated carbocycles. The summed E-state index contributed by atoms with van der Waals surface area (Å²) in [6, 6.07) is 0. The molecule has 0 spiro atoms. The van der Waals surface area contributed by atoms with Crippen molar-refractivity contribution in [2.24, 2.45) is 0 Å². The molecule has 87 heavy (non-hydrogen) atoms. The summed E-state index contributed by atoms with van der Waals surface area (Å²) in [4.78, 5) is 37.5. The van der Waals surface area contributed by atoms with Crippen molar-refractivity contribution in [1.82, 2.24) is 0 Å². The van der Waals surface area contributed by atoms with Gasteiger partial charge >= 0.3 is 11.9 Å². The average molecular weight is 1230 g/mol. The Kier molecular flexibility index (Phi) is 67.4. The molecule has 0 aliphatic heterocycles. The Labute approximate surface area is 540 Å². The van der Waals surface area contributed by atoms with E-state index in [2.05, 4.69) is 50.3 Å². The third-order valence-electron chi connectivity index (χ3n) is 17.4. The van der Waals surface area contributed by atoms with E-state index in [0.717, 1.165) is 44.9 Å². The smallest absolute Gasteiger partial charge is 0.306 e. The van der Waals surface area contributed by atoms with Crippen molar-refractivity contribution in [3.05, 3.63) is 36.5 Å². The lowest BCUT2D eigenvalue weighted by Crippen LogP contribution is -2.44. The number of carboxylic acid groups (broad SMARTS) is 1. The van der Waals surface area contributed by atoms with Gasteiger partial charge in [0.15, 0.2) is 12.4 Å². The van der Waals surface area contributed by atoms with Crippen molar-refractivity contribution < 1.29 is 42.9 Å². The van der Waals surface area contributed by atoms with Gasteiger partial charge in [0.2, 0.25) is 0 Å². The van der Waals surface area contributed by atoms with Crippen LogP contribution in [0, 0.1) is 0 Å². The van der Waals surface area contributed by atoms with Crippen LogP contribution in [0.4, 0.5) is 0 Å². The standard InChI is InChI=1S/C78H147NO8/c1-6-8-10-12-14-16-18-20-22-24-26-28-30-31-32-33-34-35-36-37-38-39-40-41-42-43-44-45-47-49-51-53-55-57-59-61-63-65-67-69-76(81)87-74(73-86-78(77(82)83)84-71-70-79(3,4)5)72-85-75(80)68-66-64-62-60-58-56-54-52-50-48-46-29-27-25-23-21-19-17-15-13-11-9-7-2/h18,20,24-27,74,78H,6-17,19,21-23,28-73H2,1-5H3/b20-18-,26-24-,27-25-. The lowest BCUT2D eigenvalue weighted by Gasteiger charge is -2.26. The van der Waals surface area contributed by atoms with Crippen molar-refractivity contribution in [2.75, 3.05) is 47.5 Å². The highest BCUT2D eigenvalue weighted by Gasteiger charge is 2.22. The molecule has 0 bridgehead atoms. The molecule has 0 aliphatic rings. The molecule has 0 fully saturated rings. The van der Waals surface area contributed by atoms with Crippen LogP contribution in [0.2, 0.25) is 0 Å². The highest BCUT2D eigenvalue weighted by molar-refractivity contribution is 5.70. The van der Waals surface area contributed by atoms with E-state index >= 15 is 0 Å². The van der Waals surface area contributed by atoms with Crippen LogP contribution in [0.3, 0.4) is 0 Å². The minimum atomic E-state index is -1.62. The lowest BCUT2D eigenvalue weighted by molar-refractivity contribution is -0.870. The Morgan fingerprint density at radius 3 is 0.920 bits per heavy atom. The van der Waals surface area contributed by atoms with Crippen LogP contribution in [0.5, 0.6) is 0 Å². The molecule has 2 unspecified atom stereocenters. The minimum Gasteiger partial charge on any atom is -0.545 e. The van der Waals surface area contributed by atoms with Crippen molar-refractivity contribution in [1.29, 1.82) is 0 Å². The number of aliphatic carboxylic acids is 1. The van der Waals surface area contributed by atoms with Crippen molar-refractivity contribution in [3.8, 4) is 0 Å². The Balaban J connectivity index is 3.96. The molecular weight excluding hydrogens is 1080 g/mol. The highest BCUT2D eigenvalue weighted by Crippen LogP contribution is 2.19. The topological polar surface area (TPSA) is 111 Å². The maximum atomic E-state index is 12.9. The van der Waals surface area contributed by atoms with Crippen LogP contribution in [0.1, 0.15) is 386 Å². The first-order valence-corrected chi connectivity index (χ1v) is 38.1. The van der Waals surface area contributed by atoms with Gasteiger partial charge in [-0.25, -0.2) is 0 Å². The molecule has 9 heteroatoms. The monoisotopic (exact) mass is 1230 g/mol. The first kappa shape index (κ1) is 84.5. The first-order valence-electron chi connectivity index (χ1n) is 38.1. The summed E-state index contributed by atoms with van der Waals surface area (Å²) in [6.07, 6.45) is 85.5. The number of carbonyl (C=O) groups excluding carboxylic acids is 3. The van der Waals surface area contributed by atoms with Crippen LogP contribution in [-0.2, 0) is 33.3 Å². The van der Waals surface area contributed by atoms with Gasteiger partial charge in [0.25, 0.3) is 0 Å². The number of likely N-dealkylation sites (N-methyl/N-ethyl adjacent to an activating group) is 1. The summed E-state index contributed by atoms with van der Waals surface area (Å²) in [5.74, 6) is -2.25. The van der Waals surface area contributed by atoms with Crippen molar-refractivity contribution in [2.45, 2.75) is 399 Å². The number of carbonyl (C=O) groups is 3. The van der Waals surface area contributed by atoms with Gasteiger partial charge in [0, 0.05) is 12.8 Å². The number of esters is 2. The van der Waals surface area contributed by atoms with E-state index < -0.39 is 24.3 Å². The van der Waals surface area contributed by atoms with Crippen LogP contribution in [0.15, 0.2) is 36.5 Å². The SMILES string of the molecule is CCCCCCC/C=C\C/C=C\CCCCCCCCCCCCCCCCCCCCCCCCCCCCCC(=O)OC(COC(=O)CCCCCCCCCCCCC/C=C\CCCCCCCCCC)COC(OCC[N+](C)(C)C)C(=O)[O-]. The predicted octanol–water partition coefficient (Wildman–Crippen LogP) is 22.6. The van der Waals surface area contributed by atoms with Crippen molar-refractivity contribution >= 4 is 17.9 Å². The minimum absolute atomic E-state index is 0.151. The summed E-state index contributed by atoms with van der Waals surface area (Å²) >= 11 is 0. The van der Waals surface area contributed by atoms with E-state index in [9.17, 15) is 19.5 Å². The maximum absolute atomic E-state index is 12.9. The molecule has 0 aliphatic carbocycles. The number of ether oxygens (including phenoxy) is 4. The number of rotatable bonds is 72. The van der Waals surface area contributed by atoms with Gasteiger partial charge in [0.05, 0.1) is 40.3 Å². The van der Waals surface area contributed by atoms with Crippen molar-refractivity contribution in [3.63, 3.8) is 0 Å². The number of carboxylic acids is 1. The number of unbranched alkanes of at least 4 members (excludes halogenated alkanes) is 51. The summed E-state index contributed by atoms with van der Waals surface area (Å²) in [5.41, 5.74) is 0. The van der Waals surface area contributed by atoms with Gasteiger partial charge in [-0.3, -0.25) is 9.59 Å². The molecular formula is C78H147NO8. The molecule has 0 N–H and O–H groups in total. The molecule has 0 rings (SSSR count). The largest absolute Gasteiger partial charge is 0.545 e. The quantitative estimate of drug-likeness (QED) is 0.0195. The maximum Gasteiger partial charge on any atom is 0.306 e. The Bertz CT molecular complexity index is 1520. The van der Waals surface area contributed by atoms with Crippen LogP contribution in [-0.4, -0.2) is 82.3 Å². The summed E-state index contributed by atoms with van der Waals surface area (Å²) in [6.45, 7) is 4.81. The lowest BCUT2D eigenvalue weighted by atomic mass is 10.0. The molecule has 2 atom stereocenters. The molecule has 0 amide bonds. The number of quaternary nitrogens is 1. The molecule has 9 nitrogen and oxygen atoms in total. The molecule has 0 radical (unpaired) electrons. The van der Waals surface area contributed by atoms with Gasteiger partial charge in [0.1, 0.15) is 13.2 Å². The summed E-state index contributed by atoms with van der Waals surface area (Å²) in [7, 11) is 5.95. The fourth-order valence-corrected chi connectivity index (χ4v) is 11.5. The normalized spacial score (nSPS) is 12.8. The van der Waals surface area contributed by atoms with E-state index in [1.54, 1.807) is 0 Å². The number of nitrogens with zero attached hydrogens (tertiary/aromatic N) is 1. The molecule has 0 aromatic heterocycles. The fourth-order valence-electron chi connectivity index (χ4n) is 11.5. The third kappa shape index (κ3) is 70.8. The van der Waals surface area contributed by atoms with Gasteiger partial charge in [-0.05, 0) is 70.6 Å². The van der Waals surface area contributed by atoms with Crippen LogP contribution in [0.25, 0.3) is 0 Å². The van der Waals surface area contributed by atoms with Gasteiger partial charge in [-0.1, -0.05) is 339 Å². The summed E-state index contributed by atoms with van der Waals surface area (Å²) in [5, 5.41) is 11.8. The average Bonchev–Trinajstić information content (AvgIpc) is 3.55. The highest BCUT2D eigenvalue weighted by atomic mass is 16.7. The van der Waals surface area contributed by atoms with E-state index in [1.807, 2.05) is 21.1 Å². The van der Waals surface area contributed by atoms with Crippen LogP contribution >= 0.6 is 0 Å². The number of allylic oxidation sites excluding steroid dienone is 6. The van der Waals surface area contributed by atoms with Gasteiger partial charge in [-0.15, -0.1) is 0 Å². The Hall–Kier alpha value is -2.49. The second-order valence-electron chi connectivity index (χ2n) is 27.3. The zero-order valence-electron chi connectivity index (χ0n) is 58.7. The molecule has 0 aromatic carbocycles. The van der Waals surface area contributed by atoms with Gasteiger partial charge in [-0.2, -0.15) is 0 Å². The molecule has 0 heterocycles. The van der Waals surface area contributed by atoms with E-state index in [4.69, 9.17) is 18.9 Å². The molecule has 0 saturated heterocycles. The number of hydrogen-bond acceptors (Lipinski definition) is 8. The van der Waals surface area contributed by atoms with E-state index in [1.165, 1.54) is 315 Å². The third-order valence-corrected chi connectivity index (χ3v) is 17.4. The Morgan fingerprint density at radius 1 is 0.345 bits per heavy atom. The number of hydrogen-bond donors (Lipinski definition) is 0. The zero-order valence-corrected chi connectivity index (χ0v) is 58.7. The first-order chi connectivity index (χ1) is 42.6. The van der Waals surface area contributed by atoms with Crippen LogP contribution < -0.4 is 5.11 Å². The van der Waals surface area contributed by atoms with E-state index in [-0.39, 0.29) is 32.2 Å².